The molecular weight excluding hydrogens is 599 g/mol. The van der Waals surface area contributed by atoms with Gasteiger partial charge in [0.05, 0.1) is 6.61 Å². The van der Waals surface area contributed by atoms with Crippen LogP contribution in [0.2, 0.25) is 0 Å². The predicted molar refractivity (Wildman–Crippen MR) is 123 cm³/mol. The molecule has 0 radical (unpaired) electrons. The lowest BCUT2D eigenvalue weighted by Gasteiger charge is -2.37. The Bertz CT molecular complexity index is 1260. The summed E-state index contributed by atoms with van der Waals surface area (Å²) in [6, 6.07) is 2.30. The highest BCUT2D eigenvalue weighted by Crippen LogP contribution is 2.66. The second-order valence-corrected chi connectivity index (χ2v) is 12.9. The van der Waals surface area contributed by atoms with Gasteiger partial charge in [-0.15, -0.1) is 0 Å². The van der Waals surface area contributed by atoms with E-state index in [1.54, 1.807) is 6.92 Å². The molecule has 6 N–H and O–H groups in total. The van der Waals surface area contributed by atoms with Gasteiger partial charge in [-0.05, 0) is 30.5 Å². The molecule has 220 valence electrons. The van der Waals surface area contributed by atoms with Crippen molar-refractivity contribution < 1.29 is 74.9 Å². The summed E-state index contributed by atoms with van der Waals surface area (Å²) < 4.78 is 78.2. The highest BCUT2D eigenvalue weighted by Gasteiger charge is 2.49. The Kier molecular flexibility index (Phi) is 9.89. The number of halogens is 2. The van der Waals surface area contributed by atoms with Crippen LogP contribution in [0.25, 0.3) is 0 Å². The lowest BCUT2D eigenvalue weighted by atomic mass is 10.1. The monoisotopic (exact) mass is 624 g/mol. The molecule has 1 aromatic rings. The Morgan fingerprint density at radius 1 is 1.05 bits per heavy atom. The molecule has 0 aromatic heterocycles. The van der Waals surface area contributed by atoms with Gasteiger partial charge in [0, 0.05) is 25.4 Å². The second-order valence-electron chi connectivity index (χ2n) is 8.51. The standard InChI is InChI=1S/C18H25F2N2O14P3/c1-10-7-21(5-4-11-2-3-12(19)6-13(11)20)18(25)22(8-10)17-16(24)15(23)14(34-17)9-33-38(29,30)36-39(31,32)35-37(26,27)28/h2-3,6,8,14-17,23-24H,4-5,7,9H2,1H3,(H,29,30)(H,31,32)(H2,26,27,28)/t14-,15+,16?,17-/m1/s1. The molecule has 39 heavy (non-hydrogen) atoms. The molecule has 0 saturated carbocycles. The van der Waals surface area contributed by atoms with Gasteiger partial charge in [-0.1, -0.05) is 6.07 Å². The third kappa shape index (κ3) is 8.68. The molecule has 2 aliphatic heterocycles. The summed E-state index contributed by atoms with van der Waals surface area (Å²) in [5, 5.41) is 20.8. The summed E-state index contributed by atoms with van der Waals surface area (Å²) in [5.74, 6) is -1.55. The molecule has 3 rings (SSSR count). The van der Waals surface area contributed by atoms with E-state index in [-0.39, 0.29) is 25.1 Å². The van der Waals surface area contributed by atoms with Crippen LogP contribution in [0.1, 0.15) is 12.5 Å². The van der Waals surface area contributed by atoms with Gasteiger partial charge < -0.3 is 39.4 Å². The number of nitrogens with zero attached hydrogens (tertiary/aromatic N) is 2. The number of rotatable bonds is 11. The number of carbonyl (C=O) groups excluding carboxylic acids is 1. The second kappa shape index (κ2) is 12.1. The first-order valence-corrected chi connectivity index (χ1v) is 15.4. The lowest BCUT2D eigenvalue weighted by molar-refractivity contribution is -0.0696. The predicted octanol–water partition coefficient (Wildman–Crippen LogP) is 0.939. The zero-order chi connectivity index (χ0) is 29.3. The third-order valence-corrected chi connectivity index (χ3v) is 9.19. The van der Waals surface area contributed by atoms with Crippen LogP contribution < -0.4 is 0 Å². The molecule has 6 atom stereocenters. The van der Waals surface area contributed by atoms with Crippen LogP contribution in [0.4, 0.5) is 13.6 Å². The quantitative estimate of drug-likeness (QED) is 0.188. The van der Waals surface area contributed by atoms with Crippen molar-refractivity contribution >= 4 is 29.5 Å². The van der Waals surface area contributed by atoms with Gasteiger partial charge in [0.1, 0.15) is 29.9 Å². The smallest absolute Gasteiger partial charge is 0.387 e. The van der Waals surface area contributed by atoms with Crippen LogP contribution in [0, 0.1) is 11.6 Å². The van der Waals surface area contributed by atoms with Crippen LogP contribution in [-0.2, 0) is 38.0 Å². The Labute approximate surface area is 219 Å². The van der Waals surface area contributed by atoms with Crippen LogP contribution in [0.3, 0.4) is 0 Å². The van der Waals surface area contributed by atoms with Crippen LogP contribution in [-0.4, -0.2) is 89.9 Å². The van der Waals surface area contributed by atoms with Crippen molar-refractivity contribution in [3.63, 3.8) is 0 Å². The van der Waals surface area contributed by atoms with Crippen molar-refractivity contribution in [3.8, 4) is 0 Å². The Hall–Kier alpha value is -1.62. The van der Waals surface area contributed by atoms with Crippen molar-refractivity contribution in [3.05, 3.63) is 47.2 Å². The van der Waals surface area contributed by atoms with E-state index in [1.807, 2.05) is 0 Å². The molecule has 2 heterocycles. The summed E-state index contributed by atoms with van der Waals surface area (Å²) in [6.07, 6.45) is -5.38. The van der Waals surface area contributed by atoms with Gasteiger partial charge in [-0.25, -0.2) is 27.3 Å². The molecule has 1 saturated heterocycles. The van der Waals surface area contributed by atoms with E-state index in [0.717, 1.165) is 11.0 Å². The van der Waals surface area contributed by atoms with Gasteiger partial charge >= 0.3 is 29.5 Å². The van der Waals surface area contributed by atoms with Crippen LogP contribution in [0.15, 0.2) is 30.0 Å². The fourth-order valence-corrected chi connectivity index (χ4v) is 6.80. The van der Waals surface area contributed by atoms with E-state index in [4.69, 9.17) is 14.5 Å². The van der Waals surface area contributed by atoms with E-state index < -0.39 is 72.3 Å². The molecule has 0 bridgehead atoms. The minimum absolute atomic E-state index is 0.0100. The van der Waals surface area contributed by atoms with Crippen molar-refractivity contribution in [1.29, 1.82) is 0 Å². The van der Waals surface area contributed by atoms with Gasteiger partial charge in [0.15, 0.2) is 6.23 Å². The van der Waals surface area contributed by atoms with Crippen LogP contribution in [0.5, 0.6) is 0 Å². The van der Waals surface area contributed by atoms with E-state index in [0.29, 0.717) is 11.6 Å². The number of ether oxygens (including phenoxy) is 1. The highest BCUT2D eigenvalue weighted by atomic mass is 31.3. The van der Waals surface area contributed by atoms with E-state index in [1.165, 1.54) is 17.2 Å². The number of phosphoric ester groups is 1. The Morgan fingerprint density at radius 2 is 1.72 bits per heavy atom. The maximum atomic E-state index is 14.0. The molecule has 0 aliphatic carbocycles. The average Bonchev–Trinajstić information content (AvgIpc) is 3.05. The van der Waals surface area contributed by atoms with E-state index in [2.05, 4.69) is 13.1 Å². The van der Waals surface area contributed by atoms with Crippen molar-refractivity contribution in [2.24, 2.45) is 0 Å². The fourth-order valence-electron chi connectivity index (χ4n) is 3.77. The molecule has 2 amide bonds. The summed E-state index contributed by atoms with van der Waals surface area (Å²) in [7, 11) is -16.9. The minimum Gasteiger partial charge on any atom is -0.387 e. The molecule has 0 spiro atoms. The average molecular weight is 624 g/mol. The molecular formula is C18H25F2N2O14P3. The maximum Gasteiger partial charge on any atom is 0.490 e. The highest BCUT2D eigenvalue weighted by molar-refractivity contribution is 7.66. The SMILES string of the molecule is CC1=CN([C@@H]2O[C@H](COP(=O)(O)OP(=O)(O)OP(=O)(O)O)[C@H](O)C2O)C(=O)N(CCc2ccc(F)cc2F)C1. The molecule has 3 unspecified atom stereocenters. The minimum atomic E-state index is -5.78. The Morgan fingerprint density at radius 3 is 2.33 bits per heavy atom. The van der Waals surface area contributed by atoms with E-state index in [9.17, 15) is 47.3 Å². The van der Waals surface area contributed by atoms with E-state index >= 15 is 0 Å². The number of benzene rings is 1. The van der Waals surface area contributed by atoms with Gasteiger partial charge in [-0.2, -0.15) is 8.62 Å². The van der Waals surface area contributed by atoms with Gasteiger partial charge in [0.25, 0.3) is 0 Å². The number of aliphatic hydroxyl groups excluding tert-OH is 2. The normalized spacial score (nSPS) is 27.3. The Balaban J connectivity index is 1.64. The summed E-state index contributed by atoms with van der Waals surface area (Å²) in [4.78, 5) is 51.2. The van der Waals surface area contributed by atoms with Gasteiger partial charge in [0.2, 0.25) is 0 Å². The lowest BCUT2D eigenvalue weighted by Crippen LogP contribution is -2.53. The molecule has 1 fully saturated rings. The number of urea groups is 1. The summed E-state index contributed by atoms with van der Waals surface area (Å²) >= 11 is 0. The largest absolute Gasteiger partial charge is 0.490 e. The number of hydrogen-bond donors (Lipinski definition) is 6. The topological polar surface area (TPSA) is 233 Å². The van der Waals surface area contributed by atoms with Gasteiger partial charge in [-0.3, -0.25) is 9.42 Å². The zero-order valence-electron chi connectivity index (χ0n) is 19.9. The van der Waals surface area contributed by atoms with Crippen molar-refractivity contribution in [1.82, 2.24) is 9.80 Å². The molecule has 21 heteroatoms. The van der Waals surface area contributed by atoms with Crippen molar-refractivity contribution in [2.75, 3.05) is 19.7 Å². The fraction of sp³-hybridized carbons (Fsp3) is 0.500. The number of hydrogen-bond acceptors (Lipinski definition) is 10. The number of aliphatic hydroxyl groups is 2. The summed E-state index contributed by atoms with van der Waals surface area (Å²) in [5.41, 5.74) is 0.748. The molecule has 1 aromatic carbocycles. The third-order valence-electron chi connectivity index (χ3n) is 5.39. The first kappa shape index (κ1) is 31.9. The summed E-state index contributed by atoms with van der Waals surface area (Å²) in [6.45, 7) is 0.690. The number of amides is 2. The number of phosphoric acid groups is 3. The first-order valence-electron chi connectivity index (χ1n) is 10.9. The maximum absolute atomic E-state index is 14.0. The zero-order valence-corrected chi connectivity index (χ0v) is 22.6. The molecule has 2 aliphatic rings. The first-order chi connectivity index (χ1) is 17.9. The number of carbonyl (C=O) groups is 1. The molecule has 16 nitrogen and oxygen atoms in total. The van der Waals surface area contributed by atoms with Crippen LogP contribution >= 0.6 is 23.5 Å². The van der Waals surface area contributed by atoms with Crippen molar-refractivity contribution in [2.45, 2.75) is 37.9 Å².